The number of carbonyl (C=O) groups excluding carboxylic acids is 1. The highest BCUT2D eigenvalue weighted by molar-refractivity contribution is 9.10. The molecule has 1 aromatic carbocycles. The van der Waals surface area contributed by atoms with Gasteiger partial charge in [0, 0.05) is 25.7 Å². The van der Waals surface area contributed by atoms with Crippen LogP contribution in [0.4, 0.5) is 4.39 Å². The molecular formula is C12H15BrFN3O3S. The SMILES string of the molecule is C[C@H]1CNCCN1C(=O)c1cc(F)cc(S(N)(=O)=O)c1Br. The maximum atomic E-state index is 13.6. The molecule has 0 aromatic heterocycles. The van der Waals surface area contributed by atoms with Gasteiger partial charge in [0.05, 0.1) is 14.9 Å². The predicted octanol–water partition coefficient (Wildman–Crippen LogP) is 0.670. The van der Waals surface area contributed by atoms with E-state index in [-0.39, 0.29) is 16.1 Å². The molecule has 0 bridgehead atoms. The van der Waals surface area contributed by atoms with Gasteiger partial charge in [0.25, 0.3) is 5.91 Å². The van der Waals surface area contributed by atoms with E-state index in [1.165, 1.54) is 0 Å². The van der Waals surface area contributed by atoms with Crippen LogP contribution in [0.1, 0.15) is 17.3 Å². The molecule has 1 saturated heterocycles. The smallest absolute Gasteiger partial charge is 0.255 e. The molecule has 2 rings (SSSR count). The second-order valence-corrected chi connectivity index (χ2v) is 7.19. The first-order valence-electron chi connectivity index (χ1n) is 6.25. The third-order valence-corrected chi connectivity index (χ3v) is 5.35. The van der Waals surface area contributed by atoms with Crippen LogP contribution in [0.15, 0.2) is 21.5 Å². The number of primary sulfonamides is 1. The lowest BCUT2D eigenvalue weighted by Gasteiger charge is -2.34. The van der Waals surface area contributed by atoms with Crippen molar-refractivity contribution in [1.29, 1.82) is 0 Å². The average molecular weight is 380 g/mol. The summed E-state index contributed by atoms with van der Waals surface area (Å²) in [4.78, 5) is 13.7. The van der Waals surface area contributed by atoms with E-state index >= 15 is 0 Å². The van der Waals surface area contributed by atoms with E-state index in [0.717, 1.165) is 12.1 Å². The largest absolute Gasteiger partial charge is 0.333 e. The fraction of sp³-hybridized carbons (Fsp3) is 0.417. The van der Waals surface area contributed by atoms with Crippen molar-refractivity contribution in [3.05, 3.63) is 28.0 Å². The van der Waals surface area contributed by atoms with Crippen LogP contribution in [0, 0.1) is 5.82 Å². The lowest BCUT2D eigenvalue weighted by molar-refractivity contribution is 0.0654. The molecule has 1 amide bonds. The number of amides is 1. The molecule has 0 unspecified atom stereocenters. The van der Waals surface area contributed by atoms with Gasteiger partial charge in [-0.15, -0.1) is 0 Å². The van der Waals surface area contributed by atoms with Crippen molar-refractivity contribution in [1.82, 2.24) is 10.2 Å². The first-order valence-corrected chi connectivity index (χ1v) is 8.59. The molecule has 0 aliphatic carbocycles. The van der Waals surface area contributed by atoms with E-state index in [4.69, 9.17) is 5.14 Å². The van der Waals surface area contributed by atoms with Crippen molar-refractivity contribution in [2.24, 2.45) is 5.14 Å². The van der Waals surface area contributed by atoms with E-state index < -0.39 is 26.6 Å². The molecule has 1 aliphatic heterocycles. The standard InChI is InChI=1S/C12H15BrFN3O3S/c1-7-6-16-2-3-17(7)12(18)9-4-8(14)5-10(11(9)13)21(15,19)20/h4-5,7,16H,2-3,6H2,1H3,(H2,15,19,20)/t7-/m0/s1. The third-order valence-electron chi connectivity index (χ3n) is 3.30. The van der Waals surface area contributed by atoms with Gasteiger partial charge in [-0.05, 0) is 35.0 Å². The number of piperazine rings is 1. The van der Waals surface area contributed by atoms with Crippen LogP contribution in [0.5, 0.6) is 0 Å². The number of rotatable bonds is 2. The Hall–Kier alpha value is -1.03. The molecule has 9 heteroatoms. The predicted molar refractivity (Wildman–Crippen MR) is 78.8 cm³/mol. The molecule has 0 radical (unpaired) electrons. The number of sulfonamides is 1. The fourth-order valence-corrected chi connectivity index (χ4v) is 3.94. The number of nitrogens with zero attached hydrogens (tertiary/aromatic N) is 1. The second-order valence-electron chi connectivity index (χ2n) is 4.86. The summed E-state index contributed by atoms with van der Waals surface area (Å²) in [5, 5.41) is 8.18. The zero-order valence-electron chi connectivity index (χ0n) is 11.3. The van der Waals surface area contributed by atoms with Crippen LogP contribution < -0.4 is 10.5 Å². The minimum Gasteiger partial charge on any atom is -0.333 e. The molecule has 3 N–H and O–H groups in total. The first kappa shape index (κ1) is 16.3. The van der Waals surface area contributed by atoms with E-state index in [1.807, 2.05) is 6.92 Å². The number of halogens is 2. The lowest BCUT2D eigenvalue weighted by Crippen LogP contribution is -2.52. The Morgan fingerprint density at radius 1 is 1.52 bits per heavy atom. The van der Waals surface area contributed by atoms with Gasteiger partial charge in [-0.1, -0.05) is 0 Å². The number of nitrogens with one attached hydrogen (secondary N) is 1. The zero-order chi connectivity index (χ0) is 15.8. The molecule has 1 aliphatic rings. The highest BCUT2D eigenvalue weighted by atomic mass is 79.9. The summed E-state index contributed by atoms with van der Waals surface area (Å²) in [5.41, 5.74) is -0.0484. The fourth-order valence-electron chi connectivity index (χ4n) is 2.22. The van der Waals surface area contributed by atoms with Crippen LogP contribution in [0.3, 0.4) is 0 Å². The Morgan fingerprint density at radius 2 is 2.19 bits per heavy atom. The van der Waals surface area contributed by atoms with Gasteiger partial charge in [0.2, 0.25) is 10.0 Å². The Labute approximate surface area is 130 Å². The Balaban J connectivity index is 2.49. The third kappa shape index (κ3) is 3.42. The maximum Gasteiger partial charge on any atom is 0.255 e. The van der Waals surface area contributed by atoms with Gasteiger partial charge in [-0.25, -0.2) is 17.9 Å². The minimum atomic E-state index is -4.13. The number of benzene rings is 1. The summed E-state index contributed by atoms with van der Waals surface area (Å²) >= 11 is 3.05. The van der Waals surface area contributed by atoms with Crippen LogP contribution in [0.25, 0.3) is 0 Å². The Morgan fingerprint density at radius 3 is 2.76 bits per heavy atom. The summed E-state index contributed by atoms with van der Waals surface area (Å²) in [6.45, 7) is 3.58. The van der Waals surface area contributed by atoms with Gasteiger partial charge in [0.1, 0.15) is 5.82 Å². The Bertz CT molecular complexity index is 681. The monoisotopic (exact) mass is 379 g/mol. The first-order chi connectivity index (χ1) is 9.71. The normalized spacial score (nSPS) is 19.6. The summed E-state index contributed by atoms with van der Waals surface area (Å²) < 4.78 is 36.6. The van der Waals surface area contributed by atoms with Gasteiger partial charge in [-0.2, -0.15) is 0 Å². The van der Waals surface area contributed by atoms with E-state index in [9.17, 15) is 17.6 Å². The molecule has 1 fully saturated rings. The van der Waals surface area contributed by atoms with Crippen molar-refractivity contribution in [3.8, 4) is 0 Å². The number of carbonyl (C=O) groups is 1. The quantitative estimate of drug-likeness (QED) is 0.789. The number of nitrogens with two attached hydrogens (primary N) is 1. The summed E-state index contributed by atoms with van der Waals surface area (Å²) in [6.07, 6.45) is 0. The lowest BCUT2D eigenvalue weighted by atomic mass is 10.1. The summed E-state index contributed by atoms with van der Waals surface area (Å²) in [5.74, 6) is -1.26. The molecule has 0 saturated carbocycles. The summed E-state index contributed by atoms with van der Waals surface area (Å²) in [7, 11) is -4.13. The van der Waals surface area contributed by atoms with Crippen LogP contribution in [-0.2, 0) is 10.0 Å². The molecule has 21 heavy (non-hydrogen) atoms. The number of hydrogen-bond donors (Lipinski definition) is 2. The van der Waals surface area contributed by atoms with Crippen LogP contribution in [-0.4, -0.2) is 44.9 Å². The topological polar surface area (TPSA) is 92.5 Å². The van der Waals surface area contributed by atoms with Crippen molar-refractivity contribution < 1.29 is 17.6 Å². The molecular weight excluding hydrogens is 365 g/mol. The number of hydrogen-bond acceptors (Lipinski definition) is 4. The van der Waals surface area contributed by atoms with Crippen molar-refractivity contribution >= 4 is 31.9 Å². The van der Waals surface area contributed by atoms with Gasteiger partial charge in [-0.3, -0.25) is 4.79 Å². The van der Waals surface area contributed by atoms with E-state index in [1.54, 1.807) is 4.90 Å². The molecule has 116 valence electrons. The highest BCUT2D eigenvalue weighted by Crippen LogP contribution is 2.28. The van der Waals surface area contributed by atoms with E-state index in [0.29, 0.717) is 19.6 Å². The molecule has 0 spiro atoms. The minimum absolute atomic E-state index is 0.0119. The van der Waals surface area contributed by atoms with Gasteiger partial charge < -0.3 is 10.2 Å². The van der Waals surface area contributed by atoms with Crippen molar-refractivity contribution in [2.45, 2.75) is 17.9 Å². The molecule has 1 atom stereocenters. The Kier molecular flexibility index (Phi) is 4.66. The van der Waals surface area contributed by atoms with Crippen molar-refractivity contribution in [2.75, 3.05) is 19.6 Å². The summed E-state index contributed by atoms with van der Waals surface area (Å²) in [6, 6.07) is 1.73. The molecule has 1 aromatic rings. The van der Waals surface area contributed by atoms with Gasteiger partial charge in [0.15, 0.2) is 0 Å². The average Bonchev–Trinajstić information content (AvgIpc) is 2.39. The van der Waals surface area contributed by atoms with Crippen LogP contribution >= 0.6 is 15.9 Å². The van der Waals surface area contributed by atoms with Crippen LogP contribution in [0.2, 0.25) is 0 Å². The van der Waals surface area contributed by atoms with Gasteiger partial charge >= 0.3 is 0 Å². The maximum absolute atomic E-state index is 13.6. The zero-order valence-corrected chi connectivity index (χ0v) is 13.7. The van der Waals surface area contributed by atoms with Crippen molar-refractivity contribution in [3.63, 3.8) is 0 Å². The molecule has 6 nitrogen and oxygen atoms in total. The van der Waals surface area contributed by atoms with E-state index in [2.05, 4.69) is 21.2 Å². The highest BCUT2D eigenvalue weighted by Gasteiger charge is 2.28. The molecule has 1 heterocycles. The second kappa shape index (κ2) is 5.99.